The third kappa shape index (κ3) is 5.90. The summed E-state index contributed by atoms with van der Waals surface area (Å²) in [7, 11) is -0.859. The Balaban J connectivity index is 1.62. The van der Waals surface area contributed by atoms with Gasteiger partial charge >= 0.3 is 0 Å². The zero-order valence-corrected chi connectivity index (χ0v) is 24.7. The van der Waals surface area contributed by atoms with Crippen LogP contribution in [0.2, 0.25) is 0 Å². The van der Waals surface area contributed by atoms with Gasteiger partial charge in [0.1, 0.15) is 23.0 Å². The summed E-state index contributed by atoms with van der Waals surface area (Å²) in [6, 6.07) is 12.1. The summed E-state index contributed by atoms with van der Waals surface area (Å²) < 4.78 is 60.7. The molecule has 4 aromatic rings. The molecule has 4 N–H and O–H groups in total. The van der Waals surface area contributed by atoms with Crippen molar-refractivity contribution in [3.63, 3.8) is 0 Å². The zero-order chi connectivity index (χ0) is 31.1. The molecule has 1 aliphatic rings. The summed E-state index contributed by atoms with van der Waals surface area (Å²) in [6.45, 7) is 0. The number of hydrogen-bond acceptors (Lipinski definition) is 7. The molecule has 5 rings (SSSR count). The van der Waals surface area contributed by atoms with Crippen molar-refractivity contribution in [2.45, 2.75) is 37.4 Å². The van der Waals surface area contributed by atoms with Crippen LogP contribution in [-0.4, -0.2) is 46.5 Å². The number of nitrogens with one attached hydrogen (secondary N) is 2. The average Bonchev–Trinajstić information content (AvgIpc) is 3.37. The van der Waals surface area contributed by atoms with Crippen LogP contribution in [0.1, 0.15) is 52.8 Å². The number of nitrogens with two attached hydrogens (primary N) is 1. The van der Waals surface area contributed by atoms with E-state index in [1.807, 2.05) is 0 Å². The molecule has 1 unspecified atom stereocenters. The number of rotatable bonds is 8. The van der Waals surface area contributed by atoms with Crippen LogP contribution in [0.25, 0.3) is 22.3 Å². The molecular formula is C31H32F2N4O5S. The minimum atomic E-state index is -3.74. The van der Waals surface area contributed by atoms with Crippen LogP contribution in [-0.2, 0) is 14.8 Å². The number of anilines is 1. The van der Waals surface area contributed by atoms with Crippen molar-refractivity contribution in [2.75, 3.05) is 24.7 Å². The molecule has 1 saturated heterocycles. The van der Waals surface area contributed by atoms with Gasteiger partial charge in [-0.2, -0.15) is 0 Å². The van der Waals surface area contributed by atoms with Crippen molar-refractivity contribution in [3.05, 3.63) is 89.0 Å². The molecule has 0 saturated carbocycles. The van der Waals surface area contributed by atoms with Gasteiger partial charge in [0.2, 0.25) is 10.0 Å². The Bertz CT molecular complexity index is 1810. The molecule has 0 spiro atoms. The van der Waals surface area contributed by atoms with Crippen LogP contribution < -0.4 is 20.7 Å². The highest BCUT2D eigenvalue weighted by atomic mass is 32.2. The van der Waals surface area contributed by atoms with Crippen LogP contribution in [0.3, 0.4) is 0 Å². The smallest absolute Gasteiger partial charge is 0.255 e. The van der Waals surface area contributed by atoms with Crippen molar-refractivity contribution in [1.29, 1.82) is 0 Å². The van der Waals surface area contributed by atoms with Gasteiger partial charge < -0.3 is 20.8 Å². The maximum Gasteiger partial charge on any atom is 0.255 e. The number of amides is 1. The molecule has 226 valence electrons. The van der Waals surface area contributed by atoms with Crippen LogP contribution >= 0.6 is 0 Å². The number of nitrogens with zero attached hydrogens (tertiary/aromatic N) is 1. The second-order valence-electron chi connectivity index (χ2n) is 10.6. The second kappa shape index (κ2) is 11.9. The highest BCUT2D eigenvalue weighted by Gasteiger charge is 2.34. The molecule has 1 amide bonds. The van der Waals surface area contributed by atoms with E-state index in [9.17, 15) is 26.8 Å². The second-order valence-corrected chi connectivity index (χ2v) is 12.6. The summed E-state index contributed by atoms with van der Waals surface area (Å²) in [5.41, 5.74) is 8.02. The summed E-state index contributed by atoms with van der Waals surface area (Å²) in [5, 5.41) is 6.34. The van der Waals surface area contributed by atoms with Gasteiger partial charge in [-0.1, -0.05) is 18.2 Å². The van der Waals surface area contributed by atoms with E-state index in [0.717, 1.165) is 10.6 Å². The van der Waals surface area contributed by atoms with Crippen molar-refractivity contribution < 1.29 is 31.2 Å². The van der Waals surface area contributed by atoms with Crippen molar-refractivity contribution in [3.8, 4) is 11.3 Å². The van der Waals surface area contributed by atoms with Gasteiger partial charge in [0, 0.05) is 42.7 Å². The molecule has 2 heterocycles. The topological polar surface area (TPSA) is 135 Å². The SMILES string of the molecule is CNC(=O)c1c(-c2ccc(F)cc2)oc2cc(N(C)S(C)(=O)=O)c([C@@H]3CCCC(C(=O)[C@H](N)c4ccccc4F)N3)cc12. The van der Waals surface area contributed by atoms with E-state index in [1.165, 1.54) is 56.6 Å². The van der Waals surface area contributed by atoms with E-state index in [1.54, 1.807) is 18.2 Å². The quantitative estimate of drug-likeness (QED) is 0.266. The molecule has 43 heavy (non-hydrogen) atoms. The average molecular weight is 611 g/mol. The minimum absolute atomic E-state index is 0.0947. The summed E-state index contributed by atoms with van der Waals surface area (Å²) in [5.74, 6) is -1.67. The molecule has 0 aliphatic carbocycles. The molecule has 1 aromatic heterocycles. The van der Waals surface area contributed by atoms with E-state index in [4.69, 9.17) is 10.2 Å². The van der Waals surface area contributed by atoms with E-state index in [2.05, 4.69) is 10.6 Å². The maximum absolute atomic E-state index is 14.4. The van der Waals surface area contributed by atoms with Gasteiger partial charge in [-0.3, -0.25) is 13.9 Å². The lowest BCUT2D eigenvalue weighted by molar-refractivity contribution is -0.123. The Kier molecular flexibility index (Phi) is 8.37. The fraction of sp³-hybridized carbons (Fsp3) is 0.290. The molecule has 3 aromatic carbocycles. The molecule has 1 aliphatic heterocycles. The first-order valence-corrected chi connectivity index (χ1v) is 15.6. The van der Waals surface area contributed by atoms with Crippen LogP contribution in [0.4, 0.5) is 14.5 Å². The number of carbonyl (C=O) groups is 2. The number of benzene rings is 3. The van der Waals surface area contributed by atoms with Crippen LogP contribution in [0.5, 0.6) is 0 Å². The Morgan fingerprint density at radius 1 is 1.09 bits per heavy atom. The molecule has 0 bridgehead atoms. The number of piperidine rings is 1. The van der Waals surface area contributed by atoms with E-state index >= 15 is 0 Å². The number of sulfonamides is 1. The van der Waals surface area contributed by atoms with Gasteiger partial charge in [0.25, 0.3) is 5.91 Å². The van der Waals surface area contributed by atoms with E-state index in [0.29, 0.717) is 41.5 Å². The Labute approximate surface area is 248 Å². The fourth-order valence-corrected chi connectivity index (χ4v) is 6.05. The van der Waals surface area contributed by atoms with Crippen molar-refractivity contribution >= 4 is 38.4 Å². The maximum atomic E-state index is 14.4. The first-order chi connectivity index (χ1) is 20.4. The number of halogens is 2. The largest absolute Gasteiger partial charge is 0.455 e. The molecule has 1 fully saturated rings. The zero-order valence-electron chi connectivity index (χ0n) is 23.9. The Morgan fingerprint density at radius 2 is 1.79 bits per heavy atom. The lowest BCUT2D eigenvalue weighted by atomic mass is 9.87. The number of Topliss-reactive ketones (excluding diaryl/α,β-unsaturated/α-hetero) is 1. The molecule has 3 atom stereocenters. The first-order valence-electron chi connectivity index (χ1n) is 13.7. The van der Waals surface area contributed by atoms with Gasteiger partial charge in [-0.15, -0.1) is 0 Å². The molecule has 0 radical (unpaired) electrons. The predicted octanol–water partition coefficient (Wildman–Crippen LogP) is 4.59. The third-order valence-corrected chi connectivity index (χ3v) is 9.08. The molecular weight excluding hydrogens is 578 g/mol. The lowest BCUT2D eigenvalue weighted by Crippen LogP contribution is -2.46. The minimum Gasteiger partial charge on any atom is -0.455 e. The summed E-state index contributed by atoms with van der Waals surface area (Å²) in [6.07, 6.45) is 2.68. The van der Waals surface area contributed by atoms with Gasteiger partial charge in [-0.05, 0) is 61.2 Å². The van der Waals surface area contributed by atoms with Gasteiger partial charge in [-0.25, -0.2) is 17.2 Å². The van der Waals surface area contributed by atoms with E-state index in [-0.39, 0.29) is 28.3 Å². The Hall–Kier alpha value is -4.13. The van der Waals surface area contributed by atoms with E-state index < -0.39 is 45.7 Å². The fourth-order valence-electron chi connectivity index (χ4n) is 5.54. The molecule has 9 nitrogen and oxygen atoms in total. The van der Waals surface area contributed by atoms with Gasteiger partial charge in [0.05, 0.1) is 29.6 Å². The number of fused-ring (bicyclic) bond motifs is 1. The highest BCUT2D eigenvalue weighted by molar-refractivity contribution is 7.92. The Morgan fingerprint density at radius 3 is 2.44 bits per heavy atom. The first kappa shape index (κ1) is 30.3. The summed E-state index contributed by atoms with van der Waals surface area (Å²) in [4.78, 5) is 26.6. The van der Waals surface area contributed by atoms with Gasteiger partial charge in [0.15, 0.2) is 5.78 Å². The monoisotopic (exact) mass is 610 g/mol. The predicted molar refractivity (Wildman–Crippen MR) is 160 cm³/mol. The van der Waals surface area contributed by atoms with Crippen molar-refractivity contribution in [1.82, 2.24) is 10.6 Å². The number of hydrogen-bond donors (Lipinski definition) is 3. The third-order valence-electron chi connectivity index (χ3n) is 7.89. The summed E-state index contributed by atoms with van der Waals surface area (Å²) >= 11 is 0. The number of carbonyl (C=O) groups excluding carboxylic acids is 2. The molecule has 12 heteroatoms. The number of ketones is 1. The van der Waals surface area contributed by atoms with Crippen LogP contribution in [0.15, 0.2) is 65.1 Å². The highest BCUT2D eigenvalue weighted by Crippen LogP contribution is 2.41. The number of furan rings is 1. The standard InChI is InChI=1S/C31H32F2N4O5S/c1-35-31(39)27-21-15-20(23-9-6-10-24(36-23)29(38)28(34)19-7-4-5-8-22(19)33)25(37(2)43(3,40)41)16-26(21)42-30(27)17-11-13-18(32)14-12-17/h4-5,7-8,11-16,23-24,28,36H,6,9-10,34H2,1-3H3,(H,35,39)/t23-,24?,28+/m0/s1. The lowest BCUT2D eigenvalue weighted by Gasteiger charge is -2.34. The normalized spacial score (nSPS) is 17.9. The van der Waals surface area contributed by atoms with Crippen LogP contribution in [0, 0.1) is 11.6 Å². The van der Waals surface area contributed by atoms with Crippen molar-refractivity contribution in [2.24, 2.45) is 5.73 Å².